The number of nitrogens with one attached hydrogen (secondary N) is 1. The van der Waals surface area contributed by atoms with Crippen molar-refractivity contribution in [1.82, 2.24) is 4.90 Å². The molecule has 0 saturated carbocycles. The normalized spacial score (nSPS) is 17.1. The molecule has 0 bridgehead atoms. The van der Waals surface area contributed by atoms with Crippen LogP contribution in [0.25, 0.3) is 0 Å². The van der Waals surface area contributed by atoms with Gasteiger partial charge in [-0.25, -0.2) is 0 Å². The number of carbonyl (C=O) groups is 1. The first-order chi connectivity index (χ1) is 9.56. The number of anilines is 1. The zero-order chi connectivity index (χ0) is 14.5. The molecule has 0 spiro atoms. The van der Waals surface area contributed by atoms with Gasteiger partial charge < -0.3 is 10.2 Å². The molecule has 1 saturated heterocycles. The molecule has 0 aromatic heterocycles. The molecule has 0 aliphatic carbocycles. The molecule has 1 fully saturated rings. The molecule has 0 radical (unpaired) electrons. The van der Waals surface area contributed by atoms with Gasteiger partial charge in [-0.2, -0.15) is 0 Å². The predicted octanol–water partition coefficient (Wildman–Crippen LogP) is 4.05. The Balaban J connectivity index is 1.79. The van der Waals surface area contributed by atoms with Crippen LogP contribution in [-0.4, -0.2) is 30.4 Å². The van der Waals surface area contributed by atoms with E-state index in [0.717, 1.165) is 25.6 Å². The van der Waals surface area contributed by atoms with Crippen LogP contribution >= 0.6 is 23.2 Å². The average molecular weight is 315 g/mol. The summed E-state index contributed by atoms with van der Waals surface area (Å²) >= 11 is 12.0. The minimum absolute atomic E-state index is 0.0206. The van der Waals surface area contributed by atoms with Gasteiger partial charge >= 0.3 is 0 Å². The van der Waals surface area contributed by atoms with Crippen LogP contribution in [0.15, 0.2) is 18.2 Å². The molecular weight excluding hydrogens is 295 g/mol. The number of hydrogen-bond acceptors (Lipinski definition) is 2. The molecule has 0 atom stereocenters. The molecule has 1 aromatic carbocycles. The van der Waals surface area contributed by atoms with E-state index in [9.17, 15) is 4.79 Å². The van der Waals surface area contributed by atoms with Crippen molar-refractivity contribution in [2.75, 3.05) is 25.0 Å². The van der Waals surface area contributed by atoms with Crippen LogP contribution in [0, 0.1) is 5.92 Å². The number of piperidine rings is 1. The summed E-state index contributed by atoms with van der Waals surface area (Å²) in [5.74, 6) is 0.790. The van der Waals surface area contributed by atoms with Crippen molar-refractivity contribution in [3.63, 3.8) is 0 Å². The molecular formula is C15H20Cl2N2O. The monoisotopic (exact) mass is 314 g/mol. The van der Waals surface area contributed by atoms with Crippen molar-refractivity contribution in [3.05, 3.63) is 28.2 Å². The van der Waals surface area contributed by atoms with Crippen molar-refractivity contribution < 1.29 is 4.79 Å². The van der Waals surface area contributed by atoms with E-state index in [4.69, 9.17) is 23.2 Å². The number of rotatable bonds is 4. The Hall–Kier alpha value is -0.770. The summed E-state index contributed by atoms with van der Waals surface area (Å²) < 4.78 is 0. The fourth-order valence-corrected chi connectivity index (χ4v) is 2.71. The average Bonchev–Trinajstić information content (AvgIpc) is 2.43. The van der Waals surface area contributed by atoms with E-state index in [1.54, 1.807) is 18.2 Å². The summed E-state index contributed by atoms with van der Waals surface area (Å²) in [6, 6.07) is 5.24. The van der Waals surface area contributed by atoms with Gasteiger partial charge in [-0.3, -0.25) is 4.79 Å². The topological polar surface area (TPSA) is 32.3 Å². The fourth-order valence-electron chi connectivity index (χ4n) is 2.36. The number of benzene rings is 1. The van der Waals surface area contributed by atoms with E-state index in [1.165, 1.54) is 12.8 Å². The summed E-state index contributed by atoms with van der Waals surface area (Å²) in [5.41, 5.74) is 0.580. The SMILES string of the molecule is CC1CCN(CCC(=O)Nc2cccc(Cl)c2Cl)CC1. The highest BCUT2D eigenvalue weighted by Crippen LogP contribution is 2.29. The van der Waals surface area contributed by atoms with Crippen molar-refractivity contribution in [2.45, 2.75) is 26.2 Å². The number of carbonyl (C=O) groups excluding carboxylic acids is 1. The molecule has 3 nitrogen and oxygen atoms in total. The van der Waals surface area contributed by atoms with Crippen LogP contribution in [0.4, 0.5) is 5.69 Å². The van der Waals surface area contributed by atoms with Gasteiger partial charge in [0.05, 0.1) is 15.7 Å². The lowest BCUT2D eigenvalue weighted by Gasteiger charge is -2.29. The first-order valence-electron chi connectivity index (χ1n) is 7.02. The van der Waals surface area contributed by atoms with E-state index in [2.05, 4.69) is 17.1 Å². The Morgan fingerprint density at radius 1 is 1.35 bits per heavy atom. The first-order valence-corrected chi connectivity index (χ1v) is 7.78. The lowest BCUT2D eigenvalue weighted by molar-refractivity contribution is -0.116. The Morgan fingerprint density at radius 2 is 2.05 bits per heavy atom. The summed E-state index contributed by atoms with van der Waals surface area (Å²) in [6.45, 7) is 5.26. The summed E-state index contributed by atoms with van der Waals surface area (Å²) in [5, 5.41) is 3.67. The molecule has 1 aliphatic heterocycles. The molecule has 5 heteroatoms. The standard InChI is InChI=1S/C15H20Cl2N2O/c1-11-5-8-19(9-6-11)10-7-14(20)18-13-4-2-3-12(16)15(13)17/h2-4,11H,5-10H2,1H3,(H,18,20). The van der Waals surface area contributed by atoms with Gasteiger partial charge in [0.15, 0.2) is 0 Å². The van der Waals surface area contributed by atoms with Crippen molar-refractivity contribution in [1.29, 1.82) is 0 Å². The minimum atomic E-state index is -0.0206. The summed E-state index contributed by atoms with van der Waals surface area (Å²) in [4.78, 5) is 14.3. The van der Waals surface area contributed by atoms with Crippen molar-refractivity contribution in [2.24, 2.45) is 5.92 Å². The summed E-state index contributed by atoms with van der Waals surface area (Å²) in [7, 11) is 0. The van der Waals surface area contributed by atoms with E-state index < -0.39 is 0 Å². The molecule has 1 aromatic rings. The molecule has 1 aliphatic rings. The fraction of sp³-hybridized carbons (Fsp3) is 0.533. The Bertz CT molecular complexity index is 471. The van der Waals surface area contributed by atoms with Crippen molar-refractivity contribution >= 4 is 34.8 Å². The molecule has 1 amide bonds. The first kappa shape index (κ1) is 15.6. The van der Waals surface area contributed by atoms with Gasteiger partial charge in [0.25, 0.3) is 0 Å². The van der Waals surface area contributed by atoms with E-state index in [1.807, 2.05) is 0 Å². The number of amides is 1. The zero-order valence-electron chi connectivity index (χ0n) is 11.7. The quantitative estimate of drug-likeness (QED) is 0.909. The molecule has 20 heavy (non-hydrogen) atoms. The lowest BCUT2D eigenvalue weighted by atomic mass is 9.99. The third-order valence-electron chi connectivity index (χ3n) is 3.76. The molecule has 110 valence electrons. The molecule has 1 N–H and O–H groups in total. The van der Waals surface area contributed by atoms with Crippen LogP contribution in [0.1, 0.15) is 26.2 Å². The van der Waals surface area contributed by atoms with E-state index in [-0.39, 0.29) is 5.91 Å². The van der Waals surface area contributed by atoms with Gasteiger partial charge in [-0.1, -0.05) is 36.2 Å². The second-order valence-corrected chi connectivity index (χ2v) is 6.21. The third-order valence-corrected chi connectivity index (χ3v) is 4.58. The second-order valence-electron chi connectivity index (χ2n) is 5.42. The van der Waals surface area contributed by atoms with Crippen molar-refractivity contribution in [3.8, 4) is 0 Å². The number of likely N-dealkylation sites (tertiary alicyclic amines) is 1. The Morgan fingerprint density at radius 3 is 2.75 bits per heavy atom. The van der Waals surface area contributed by atoms with Gasteiger partial charge in [0.2, 0.25) is 5.91 Å². The van der Waals surface area contributed by atoms with Gasteiger partial charge in [-0.15, -0.1) is 0 Å². The molecule has 1 heterocycles. The largest absolute Gasteiger partial charge is 0.325 e. The highest BCUT2D eigenvalue weighted by atomic mass is 35.5. The Labute approximate surface area is 130 Å². The van der Waals surface area contributed by atoms with Gasteiger partial charge in [0, 0.05) is 13.0 Å². The number of halogens is 2. The zero-order valence-corrected chi connectivity index (χ0v) is 13.2. The second kappa shape index (κ2) is 7.30. The van der Waals surface area contributed by atoms with Gasteiger partial charge in [0.1, 0.15) is 0 Å². The maximum Gasteiger partial charge on any atom is 0.225 e. The van der Waals surface area contributed by atoms with Crippen LogP contribution < -0.4 is 5.32 Å². The summed E-state index contributed by atoms with van der Waals surface area (Å²) in [6.07, 6.45) is 2.93. The van der Waals surface area contributed by atoms with Crippen LogP contribution in [0.5, 0.6) is 0 Å². The maximum absolute atomic E-state index is 11.9. The highest BCUT2D eigenvalue weighted by molar-refractivity contribution is 6.43. The minimum Gasteiger partial charge on any atom is -0.325 e. The predicted molar refractivity (Wildman–Crippen MR) is 84.5 cm³/mol. The van der Waals surface area contributed by atoms with Crippen LogP contribution in [0.2, 0.25) is 10.0 Å². The Kier molecular flexibility index (Phi) is 5.70. The number of hydrogen-bond donors (Lipinski definition) is 1. The van der Waals surface area contributed by atoms with Crippen LogP contribution in [-0.2, 0) is 4.79 Å². The third kappa shape index (κ3) is 4.37. The maximum atomic E-state index is 11.9. The highest BCUT2D eigenvalue weighted by Gasteiger charge is 2.16. The van der Waals surface area contributed by atoms with E-state index in [0.29, 0.717) is 22.2 Å². The van der Waals surface area contributed by atoms with E-state index >= 15 is 0 Å². The smallest absolute Gasteiger partial charge is 0.225 e. The molecule has 2 rings (SSSR count). The lowest BCUT2D eigenvalue weighted by Crippen LogP contribution is -2.35. The number of nitrogens with zero attached hydrogens (tertiary/aromatic N) is 1. The van der Waals surface area contributed by atoms with Crippen LogP contribution in [0.3, 0.4) is 0 Å². The molecule has 0 unspecified atom stereocenters. The van der Waals surface area contributed by atoms with Gasteiger partial charge in [-0.05, 0) is 44.0 Å².